The maximum Gasteiger partial charge on any atom is 0.257 e. The summed E-state index contributed by atoms with van der Waals surface area (Å²) in [6.07, 6.45) is 0.421. The Morgan fingerprint density at radius 2 is 1.59 bits per heavy atom. The molecule has 0 spiro atoms. The van der Waals surface area contributed by atoms with Gasteiger partial charge in [0.25, 0.3) is 5.91 Å². The molecule has 0 aromatic heterocycles. The molecule has 0 aliphatic heterocycles. The van der Waals surface area contributed by atoms with Gasteiger partial charge in [0.1, 0.15) is 0 Å². The Morgan fingerprint density at radius 1 is 1.00 bits per heavy atom. The number of benzene rings is 2. The fraction of sp³-hybridized carbons (Fsp3) is 0.176. The highest BCUT2D eigenvalue weighted by Crippen LogP contribution is 2.20. The molecule has 0 radical (unpaired) electrons. The van der Waals surface area contributed by atoms with Crippen LogP contribution in [0.4, 0.5) is 11.4 Å². The lowest BCUT2D eigenvalue weighted by atomic mass is 10.1. The van der Waals surface area contributed by atoms with E-state index in [-0.39, 0.29) is 11.8 Å². The second kappa shape index (κ2) is 7.09. The molecule has 2 aromatic rings. The minimum absolute atomic E-state index is 0.0526. The third-order valence-electron chi connectivity index (χ3n) is 3.12. The number of halogens is 1. The first-order chi connectivity index (χ1) is 10.5. The van der Waals surface area contributed by atoms with E-state index >= 15 is 0 Å². The lowest BCUT2D eigenvalue weighted by Gasteiger charge is -2.09. The van der Waals surface area contributed by atoms with E-state index in [4.69, 9.17) is 11.6 Å². The van der Waals surface area contributed by atoms with Crippen LogP contribution in [0.25, 0.3) is 0 Å². The zero-order chi connectivity index (χ0) is 16.1. The largest absolute Gasteiger partial charge is 0.326 e. The molecule has 0 bridgehead atoms. The van der Waals surface area contributed by atoms with E-state index in [1.54, 1.807) is 43.3 Å². The van der Waals surface area contributed by atoms with E-state index in [9.17, 15) is 9.59 Å². The number of aryl methyl sites for hydroxylation is 1. The Morgan fingerprint density at radius 3 is 2.14 bits per heavy atom. The Hall–Kier alpha value is -2.33. The zero-order valence-corrected chi connectivity index (χ0v) is 13.2. The van der Waals surface area contributed by atoms with Crippen molar-refractivity contribution in [1.82, 2.24) is 0 Å². The van der Waals surface area contributed by atoms with Crippen molar-refractivity contribution in [1.29, 1.82) is 0 Å². The highest BCUT2D eigenvalue weighted by atomic mass is 35.5. The fourth-order valence-corrected chi connectivity index (χ4v) is 2.21. The van der Waals surface area contributed by atoms with Crippen LogP contribution >= 0.6 is 11.6 Å². The minimum Gasteiger partial charge on any atom is -0.326 e. The summed E-state index contributed by atoms with van der Waals surface area (Å²) in [6, 6.07) is 12.2. The van der Waals surface area contributed by atoms with Crippen molar-refractivity contribution in [3.8, 4) is 0 Å². The van der Waals surface area contributed by atoms with Crippen LogP contribution in [0.2, 0.25) is 5.02 Å². The number of hydrogen-bond acceptors (Lipinski definition) is 2. The molecular formula is C17H17ClN2O2. The third kappa shape index (κ3) is 4.09. The van der Waals surface area contributed by atoms with Crippen LogP contribution in [-0.4, -0.2) is 11.8 Å². The molecule has 2 rings (SSSR count). The standard InChI is InChI=1S/C17H17ClN2O2/c1-3-16(21)19-12-5-7-13(8-6-12)20-17(22)14-9-4-11(2)10-15(14)18/h4-10H,3H2,1-2H3,(H,19,21)(H,20,22). The van der Waals surface area contributed by atoms with Gasteiger partial charge in [-0.3, -0.25) is 9.59 Å². The SMILES string of the molecule is CCC(=O)Nc1ccc(NC(=O)c2ccc(C)cc2Cl)cc1. The summed E-state index contributed by atoms with van der Waals surface area (Å²) in [4.78, 5) is 23.5. The van der Waals surface area contributed by atoms with E-state index in [1.807, 2.05) is 13.0 Å². The summed E-state index contributed by atoms with van der Waals surface area (Å²) in [5.74, 6) is -0.321. The Balaban J connectivity index is 2.07. The molecule has 0 aliphatic rings. The molecule has 114 valence electrons. The maximum atomic E-state index is 12.2. The number of carbonyl (C=O) groups is 2. The van der Waals surface area contributed by atoms with Gasteiger partial charge in [0.15, 0.2) is 0 Å². The molecule has 0 heterocycles. The highest BCUT2D eigenvalue weighted by Gasteiger charge is 2.10. The van der Waals surface area contributed by atoms with E-state index in [0.29, 0.717) is 28.4 Å². The maximum absolute atomic E-state index is 12.2. The summed E-state index contributed by atoms with van der Waals surface area (Å²) in [6.45, 7) is 3.70. The lowest BCUT2D eigenvalue weighted by molar-refractivity contribution is -0.115. The van der Waals surface area contributed by atoms with Crippen molar-refractivity contribution in [2.45, 2.75) is 20.3 Å². The van der Waals surface area contributed by atoms with Gasteiger partial charge in [0.05, 0.1) is 10.6 Å². The van der Waals surface area contributed by atoms with Crippen molar-refractivity contribution in [3.63, 3.8) is 0 Å². The molecule has 0 aliphatic carbocycles. The topological polar surface area (TPSA) is 58.2 Å². The van der Waals surface area contributed by atoms with Crippen LogP contribution in [0, 0.1) is 6.92 Å². The molecule has 0 fully saturated rings. The molecule has 0 saturated carbocycles. The van der Waals surface area contributed by atoms with Crippen LogP contribution < -0.4 is 10.6 Å². The van der Waals surface area contributed by atoms with E-state index in [1.165, 1.54) is 0 Å². The van der Waals surface area contributed by atoms with Crippen molar-refractivity contribution < 1.29 is 9.59 Å². The lowest BCUT2D eigenvalue weighted by Crippen LogP contribution is -2.13. The van der Waals surface area contributed by atoms with Gasteiger partial charge < -0.3 is 10.6 Å². The summed E-state index contributed by atoms with van der Waals surface area (Å²) >= 11 is 6.08. The molecule has 0 saturated heterocycles. The van der Waals surface area contributed by atoms with Gasteiger partial charge in [-0.05, 0) is 48.9 Å². The number of rotatable bonds is 4. The summed E-state index contributed by atoms with van der Waals surface area (Å²) in [5.41, 5.74) is 2.75. The first kappa shape index (κ1) is 16.0. The molecular weight excluding hydrogens is 300 g/mol. The second-order valence-corrected chi connectivity index (χ2v) is 5.32. The molecule has 2 aromatic carbocycles. The highest BCUT2D eigenvalue weighted by molar-refractivity contribution is 6.34. The van der Waals surface area contributed by atoms with Crippen molar-refractivity contribution >= 4 is 34.8 Å². The molecule has 0 unspecified atom stereocenters. The number of anilines is 2. The van der Waals surface area contributed by atoms with Crippen LogP contribution in [0.3, 0.4) is 0 Å². The van der Waals surface area contributed by atoms with E-state index in [0.717, 1.165) is 5.56 Å². The predicted molar refractivity (Wildman–Crippen MR) is 89.5 cm³/mol. The van der Waals surface area contributed by atoms with Gasteiger partial charge in [0.2, 0.25) is 5.91 Å². The molecule has 22 heavy (non-hydrogen) atoms. The third-order valence-corrected chi connectivity index (χ3v) is 3.43. The van der Waals surface area contributed by atoms with Gasteiger partial charge in [-0.2, -0.15) is 0 Å². The van der Waals surface area contributed by atoms with Crippen molar-refractivity contribution in [3.05, 3.63) is 58.6 Å². The monoisotopic (exact) mass is 316 g/mol. The van der Waals surface area contributed by atoms with E-state index in [2.05, 4.69) is 10.6 Å². The number of amides is 2. The average molecular weight is 317 g/mol. The average Bonchev–Trinajstić information content (AvgIpc) is 2.49. The van der Waals surface area contributed by atoms with Gasteiger partial charge in [-0.25, -0.2) is 0 Å². The number of nitrogens with one attached hydrogen (secondary N) is 2. The summed E-state index contributed by atoms with van der Waals surface area (Å²) < 4.78 is 0. The first-order valence-corrected chi connectivity index (χ1v) is 7.35. The Bertz CT molecular complexity index is 696. The second-order valence-electron chi connectivity index (χ2n) is 4.92. The Labute approximate surface area is 134 Å². The van der Waals surface area contributed by atoms with Crippen LogP contribution in [0.5, 0.6) is 0 Å². The van der Waals surface area contributed by atoms with Gasteiger partial charge in [0, 0.05) is 17.8 Å². The number of carbonyl (C=O) groups excluding carboxylic acids is 2. The molecule has 4 nitrogen and oxygen atoms in total. The molecule has 5 heteroatoms. The Kier molecular flexibility index (Phi) is 5.17. The zero-order valence-electron chi connectivity index (χ0n) is 12.4. The molecule has 2 amide bonds. The van der Waals surface area contributed by atoms with Crippen LogP contribution in [-0.2, 0) is 4.79 Å². The number of hydrogen-bond donors (Lipinski definition) is 2. The predicted octanol–water partition coefficient (Wildman–Crippen LogP) is 4.25. The van der Waals surface area contributed by atoms with Crippen molar-refractivity contribution in [2.24, 2.45) is 0 Å². The normalized spacial score (nSPS) is 10.1. The van der Waals surface area contributed by atoms with Gasteiger partial charge >= 0.3 is 0 Å². The van der Waals surface area contributed by atoms with E-state index < -0.39 is 0 Å². The van der Waals surface area contributed by atoms with Gasteiger partial charge in [-0.1, -0.05) is 24.6 Å². The van der Waals surface area contributed by atoms with Crippen LogP contribution in [0.15, 0.2) is 42.5 Å². The van der Waals surface area contributed by atoms with Gasteiger partial charge in [-0.15, -0.1) is 0 Å². The molecule has 2 N–H and O–H groups in total. The smallest absolute Gasteiger partial charge is 0.257 e. The quantitative estimate of drug-likeness (QED) is 0.886. The minimum atomic E-state index is -0.268. The van der Waals surface area contributed by atoms with Crippen LogP contribution in [0.1, 0.15) is 29.3 Å². The molecule has 0 atom stereocenters. The first-order valence-electron chi connectivity index (χ1n) is 6.97. The van der Waals surface area contributed by atoms with Crippen molar-refractivity contribution in [2.75, 3.05) is 10.6 Å². The summed E-state index contributed by atoms with van der Waals surface area (Å²) in [5, 5.41) is 5.94. The summed E-state index contributed by atoms with van der Waals surface area (Å²) in [7, 11) is 0. The fourth-order valence-electron chi connectivity index (χ4n) is 1.89.